The molecule has 0 aliphatic carbocycles. The van der Waals surface area contributed by atoms with Crippen LogP contribution in [0, 0.1) is 11.3 Å². The van der Waals surface area contributed by atoms with E-state index < -0.39 is 12.0 Å². The van der Waals surface area contributed by atoms with E-state index in [1.54, 1.807) is 43.2 Å². The summed E-state index contributed by atoms with van der Waals surface area (Å²) in [5, 5.41) is 9.34. The van der Waals surface area contributed by atoms with Crippen LogP contribution < -0.4 is 19.6 Å². The summed E-state index contributed by atoms with van der Waals surface area (Å²) in [6.07, 6.45) is 3.49. The maximum Gasteiger partial charge on any atom is 0.338 e. The number of allylic oxidation sites excluding steroid dienone is 1. The van der Waals surface area contributed by atoms with Crippen LogP contribution in [0.2, 0.25) is 0 Å². The maximum atomic E-state index is 13.9. The number of aromatic nitrogens is 1. The van der Waals surface area contributed by atoms with Crippen molar-refractivity contribution in [3.63, 3.8) is 0 Å². The Kier molecular flexibility index (Phi) is 9.35. The fourth-order valence-electron chi connectivity index (χ4n) is 4.75. The molecule has 1 aliphatic rings. The first-order valence-corrected chi connectivity index (χ1v) is 16.3. The number of thiazole rings is 1. The number of halogens is 1. The summed E-state index contributed by atoms with van der Waals surface area (Å²) in [6.45, 7) is 5.62. The van der Waals surface area contributed by atoms with Crippen molar-refractivity contribution >= 4 is 51.1 Å². The number of carbonyl (C=O) groups is 1. The third kappa shape index (κ3) is 6.54. The topological polar surface area (TPSA) is 93.7 Å². The van der Waals surface area contributed by atoms with Gasteiger partial charge in [-0.05, 0) is 90.5 Å². The number of ether oxygens (including phenoxy) is 2. The van der Waals surface area contributed by atoms with Gasteiger partial charge in [-0.2, -0.15) is 5.26 Å². The van der Waals surface area contributed by atoms with E-state index in [2.05, 4.69) is 27.0 Å². The van der Waals surface area contributed by atoms with Crippen LogP contribution in [0.15, 0.2) is 97.2 Å². The highest BCUT2D eigenvalue weighted by Gasteiger charge is 2.33. The molecular formula is C33H28BrN3O4S2. The zero-order chi connectivity index (χ0) is 30.7. The number of thioether (sulfide) groups is 1. The van der Waals surface area contributed by atoms with Crippen LogP contribution in [-0.4, -0.2) is 22.9 Å². The lowest BCUT2D eigenvalue weighted by atomic mass is 9.96. The van der Waals surface area contributed by atoms with Gasteiger partial charge in [0.15, 0.2) is 4.80 Å². The first-order valence-electron chi connectivity index (χ1n) is 13.5. The summed E-state index contributed by atoms with van der Waals surface area (Å²) in [6, 6.07) is 22.2. The van der Waals surface area contributed by atoms with E-state index in [1.807, 2.05) is 73.0 Å². The number of nitriles is 1. The van der Waals surface area contributed by atoms with Gasteiger partial charge in [-0.1, -0.05) is 47.7 Å². The summed E-state index contributed by atoms with van der Waals surface area (Å²) in [5.74, 6) is 0.130. The molecule has 0 saturated carbocycles. The monoisotopic (exact) mass is 673 g/mol. The Morgan fingerprint density at radius 3 is 2.60 bits per heavy atom. The molecule has 0 bridgehead atoms. The van der Waals surface area contributed by atoms with Gasteiger partial charge in [0.25, 0.3) is 5.56 Å². The summed E-state index contributed by atoms with van der Waals surface area (Å²) in [5.41, 5.74) is 3.60. The van der Waals surface area contributed by atoms with E-state index in [0.717, 1.165) is 21.6 Å². The molecule has 1 aliphatic heterocycles. The Labute approximate surface area is 265 Å². The summed E-state index contributed by atoms with van der Waals surface area (Å²) in [4.78, 5) is 33.5. The van der Waals surface area contributed by atoms with E-state index in [4.69, 9.17) is 9.47 Å². The fraction of sp³-hybridized carbons (Fsp3) is 0.212. The molecule has 0 fully saturated rings. The standard InChI is InChI=1S/C33H28BrN3O4S2/c1-19(2)41-32(39)29-20(3)36-33-37(30(29)22-10-12-25(42-4)13-11-22)31(38)28(43-33)16-21-9-14-27(26(34)15-21)40-18-24-8-6-5-7-23(24)17-35/h5-16,19,30H,18H2,1-4H3/b28-16+/t30-/m1/s1. The molecule has 4 aromatic rings. The van der Waals surface area contributed by atoms with Gasteiger partial charge in [-0.15, -0.1) is 11.8 Å². The molecule has 0 unspecified atom stereocenters. The van der Waals surface area contributed by atoms with Gasteiger partial charge in [0, 0.05) is 10.5 Å². The number of benzene rings is 3. The number of nitrogens with zero attached hydrogens (tertiary/aromatic N) is 3. The third-order valence-electron chi connectivity index (χ3n) is 6.79. The number of esters is 1. The minimum Gasteiger partial charge on any atom is -0.488 e. The van der Waals surface area contributed by atoms with E-state index in [-0.39, 0.29) is 18.3 Å². The van der Waals surface area contributed by atoms with Crippen molar-refractivity contribution in [2.45, 2.75) is 44.4 Å². The molecule has 218 valence electrons. The molecular weight excluding hydrogens is 646 g/mol. The van der Waals surface area contributed by atoms with Crippen LogP contribution in [0.25, 0.3) is 6.08 Å². The molecule has 0 saturated heterocycles. The molecule has 7 nitrogen and oxygen atoms in total. The first kappa shape index (κ1) is 30.5. The van der Waals surface area contributed by atoms with Crippen LogP contribution in [0.4, 0.5) is 0 Å². The van der Waals surface area contributed by atoms with E-state index in [1.165, 1.54) is 11.3 Å². The van der Waals surface area contributed by atoms with Gasteiger partial charge in [-0.25, -0.2) is 9.79 Å². The molecule has 1 aromatic heterocycles. The minimum atomic E-state index is -0.667. The molecule has 1 atom stereocenters. The van der Waals surface area contributed by atoms with Crippen LogP contribution >= 0.6 is 39.0 Å². The lowest BCUT2D eigenvalue weighted by Gasteiger charge is -2.25. The summed E-state index contributed by atoms with van der Waals surface area (Å²) < 4.78 is 14.3. The van der Waals surface area contributed by atoms with Gasteiger partial charge in [0.2, 0.25) is 0 Å². The molecule has 3 aromatic carbocycles. The Bertz CT molecular complexity index is 1950. The lowest BCUT2D eigenvalue weighted by Crippen LogP contribution is -2.40. The Morgan fingerprint density at radius 2 is 1.93 bits per heavy atom. The second-order valence-electron chi connectivity index (χ2n) is 10.1. The molecule has 5 rings (SSSR count). The van der Waals surface area contributed by atoms with Crippen LogP contribution in [0.1, 0.15) is 49.1 Å². The van der Waals surface area contributed by atoms with Gasteiger partial charge >= 0.3 is 5.97 Å². The van der Waals surface area contributed by atoms with Gasteiger partial charge in [0.05, 0.1) is 44.1 Å². The van der Waals surface area contributed by atoms with Crippen molar-refractivity contribution < 1.29 is 14.3 Å². The number of hydrogen-bond donors (Lipinski definition) is 0. The maximum absolute atomic E-state index is 13.9. The van der Waals surface area contributed by atoms with Crippen LogP contribution in [0.3, 0.4) is 0 Å². The van der Waals surface area contributed by atoms with Crippen molar-refractivity contribution in [2.75, 3.05) is 6.26 Å². The second kappa shape index (κ2) is 13.2. The minimum absolute atomic E-state index is 0.241. The van der Waals surface area contributed by atoms with Crippen molar-refractivity contribution in [1.29, 1.82) is 5.26 Å². The Morgan fingerprint density at radius 1 is 1.19 bits per heavy atom. The van der Waals surface area contributed by atoms with E-state index >= 15 is 0 Å². The normalized spacial score (nSPS) is 14.7. The number of hydrogen-bond acceptors (Lipinski definition) is 8. The quantitative estimate of drug-likeness (QED) is 0.165. The summed E-state index contributed by atoms with van der Waals surface area (Å²) in [7, 11) is 0. The molecule has 0 N–H and O–H groups in total. The molecule has 2 heterocycles. The van der Waals surface area contributed by atoms with Crippen molar-refractivity contribution in [2.24, 2.45) is 4.99 Å². The number of fused-ring (bicyclic) bond motifs is 1. The highest BCUT2D eigenvalue weighted by Crippen LogP contribution is 2.32. The predicted molar refractivity (Wildman–Crippen MR) is 173 cm³/mol. The smallest absolute Gasteiger partial charge is 0.338 e. The average molecular weight is 675 g/mol. The molecule has 0 spiro atoms. The van der Waals surface area contributed by atoms with Gasteiger partial charge < -0.3 is 9.47 Å². The van der Waals surface area contributed by atoms with Crippen molar-refractivity contribution in [1.82, 2.24) is 4.57 Å². The number of carbonyl (C=O) groups excluding carboxylic acids is 1. The average Bonchev–Trinajstić information content (AvgIpc) is 3.29. The molecule has 10 heteroatoms. The zero-order valence-electron chi connectivity index (χ0n) is 24.0. The predicted octanol–water partition coefficient (Wildman–Crippen LogP) is 6.12. The molecule has 0 radical (unpaired) electrons. The summed E-state index contributed by atoms with van der Waals surface area (Å²) >= 11 is 6.48. The van der Waals surface area contributed by atoms with Crippen molar-refractivity contribution in [3.05, 3.63) is 124 Å². The van der Waals surface area contributed by atoms with E-state index in [9.17, 15) is 14.9 Å². The lowest BCUT2D eigenvalue weighted by molar-refractivity contribution is -0.143. The van der Waals surface area contributed by atoms with Gasteiger partial charge in [-0.3, -0.25) is 9.36 Å². The van der Waals surface area contributed by atoms with Crippen LogP contribution in [0.5, 0.6) is 5.75 Å². The first-order chi connectivity index (χ1) is 20.7. The highest BCUT2D eigenvalue weighted by atomic mass is 79.9. The molecule has 43 heavy (non-hydrogen) atoms. The van der Waals surface area contributed by atoms with E-state index in [0.29, 0.717) is 36.4 Å². The second-order valence-corrected chi connectivity index (χ2v) is 12.8. The van der Waals surface area contributed by atoms with Crippen molar-refractivity contribution in [3.8, 4) is 11.8 Å². The molecule has 0 amide bonds. The number of rotatable bonds is 8. The Hall–Kier alpha value is -3.91. The SMILES string of the molecule is CSc1ccc([C@@H]2C(C(=O)OC(C)C)=C(C)N=c3s/c(=C/c4ccc(OCc5ccccc5C#N)c(Br)c4)c(=O)n32)cc1. The largest absolute Gasteiger partial charge is 0.488 e. The third-order valence-corrected chi connectivity index (χ3v) is 9.14. The fourth-order valence-corrected chi connectivity index (χ4v) is 6.71. The van der Waals surface area contributed by atoms with Gasteiger partial charge in [0.1, 0.15) is 12.4 Å². The highest BCUT2D eigenvalue weighted by molar-refractivity contribution is 9.10. The Balaban J connectivity index is 1.52. The zero-order valence-corrected chi connectivity index (χ0v) is 27.2. The van der Waals surface area contributed by atoms with Crippen LogP contribution in [-0.2, 0) is 16.1 Å².